The Kier molecular flexibility index (Phi) is 6.88. The van der Waals surface area contributed by atoms with Gasteiger partial charge in [0.25, 0.3) is 0 Å². The minimum atomic E-state index is 0. The molecule has 0 saturated carbocycles. The van der Waals surface area contributed by atoms with E-state index >= 15 is 0 Å². The van der Waals surface area contributed by atoms with Crippen LogP contribution in [0.2, 0.25) is 0 Å². The second-order valence-corrected chi connectivity index (χ2v) is 4.39. The third kappa shape index (κ3) is 4.06. The Hall–Kier alpha value is -1.37. The van der Waals surface area contributed by atoms with Gasteiger partial charge in [0.1, 0.15) is 12.4 Å². The fourth-order valence-electron chi connectivity index (χ4n) is 2.01. The number of aromatic nitrogens is 1. The van der Waals surface area contributed by atoms with Crippen molar-refractivity contribution in [3.05, 3.63) is 52.3 Å². The fourth-order valence-corrected chi connectivity index (χ4v) is 2.01. The number of benzene rings is 1. The Labute approximate surface area is 150 Å². The first-order valence-corrected chi connectivity index (χ1v) is 6.46. The summed E-state index contributed by atoms with van der Waals surface area (Å²) < 4.78 is 7.05. The summed E-state index contributed by atoms with van der Waals surface area (Å²) in [6.45, 7) is 4.60. The van der Waals surface area contributed by atoms with Crippen LogP contribution in [0.1, 0.15) is 12.5 Å². The zero-order valence-corrected chi connectivity index (χ0v) is 15.1. The second kappa shape index (κ2) is 8.17. The maximum atomic E-state index is 12.1. The number of terminal acetylenes is 1. The van der Waals surface area contributed by atoms with Gasteiger partial charge in [-0.05, 0) is 19.1 Å². The van der Waals surface area contributed by atoms with E-state index in [1.807, 2.05) is 31.2 Å². The number of aryl methyl sites for hydroxylation is 1. The van der Waals surface area contributed by atoms with Crippen molar-refractivity contribution in [2.75, 3.05) is 6.61 Å². The van der Waals surface area contributed by atoms with E-state index in [9.17, 15) is 4.79 Å². The molecule has 0 atom stereocenters. The van der Waals surface area contributed by atoms with Gasteiger partial charge in [-0.1, -0.05) is 29.7 Å². The van der Waals surface area contributed by atoms with Gasteiger partial charge in [0.2, 0.25) is 0 Å². The second-order valence-electron chi connectivity index (χ2n) is 4.39. The van der Waals surface area contributed by atoms with Crippen molar-refractivity contribution in [2.24, 2.45) is 0 Å². The molecule has 0 spiro atoms. The summed E-state index contributed by atoms with van der Waals surface area (Å²) in [5.74, 6) is 3.13. The van der Waals surface area contributed by atoms with Crippen molar-refractivity contribution >= 4 is 0 Å². The van der Waals surface area contributed by atoms with Gasteiger partial charge in [0.15, 0.2) is 5.56 Å². The van der Waals surface area contributed by atoms with Crippen molar-refractivity contribution in [1.82, 2.24) is 4.57 Å². The molecular formula is C17H16NO2Y-. The van der Waals surface area contributed by atoms with E-state index in [1.165, 1.54) is 0 Å². The molecule has 1 aromatic carbocycles. The van der Waals surface area contributed by atoms with Crippen LogP contribution in [-0.4, -0.2) is 11.2 Å². The van der Waals surface area contributed by atoms with E-state index in [4.69, 9.17) is 11.2 Å². The summed E-state index contributed by atoms with van der Waals surface area (Å²) in [5, 5.41) is 0. The largest absolute Gasteiger partial charge is 0.481 e. The van der Waals surface area contributed by atoms with Crippen LogP contribution in [0.4, 0.5) is 0 Å². The van der Waals surface area contributed by atoms with E-state index in [1.54, 1.807) is 17.6 Å². The van der Waals surface area contributed by atoms with Gasteiger partial charge in [-0.15, -0.1) is 18.6 Å². The van der Waals surface area contributed by atoms with Crippen LogP contribution in [0, 0.1) is 25.3 Å². The maximum Gasteiger partial charge on any atom is 0.197 e. The zero-order chi connectivity index (χ0) is 14.5. The van der Waals surface area contributed by atoms with E-state index in [2.05, 4.69) is 12.0 Å². The Morgan fingerprint density at radius 3 is 2.57 bits per heavy atom. The van der Waals surface area contributed by atoms with Gasteiger partial charge in [-0.2, -0.15) is 12.1 Å². The molecule has 0 unspecified atom stereocenters. The molecule has 1 heterocycles. The number of pyridine rings is 1. The topological polar surface area (TPSA) is 31.2 Å². The average Bonchev–Trinajstić information content (AvgIpc) is 2.48. The normalized spacial score (nSPS) is 9.57. The molecule has 21 heavy (non-hydrogen) atoms. The third-order valence-electron chi connectivity index (χ3n) is 3.04. The number of nitrogens with zero attached hydrogens (tertiary/aromatic N) is 1. The predicted molar refractivity (Wildman–Crippen MR) is 79.7 cm³/mol. The molecule has 0 aliphatic carbocycles. The summed E-state index contributed by atoms with van der Waals surface area (Å²) in [6.07, 6.45) is 5.15. The Morgan fingerprint density at radius 2 is 2.00 bits per heavy atom. The summed E-state index contributed by atoms with van der Waals surface area (Å²) in [6, 6.07) is 12.4. The van der Waals surface area contributed by atoms with Gasteiger partial charge in [-0.3, -0.25) is 4.79 Å². The molecule has 0 aliphatic heterocycles. The molecule has 0 N–H and O–H groups in total. The molecule has 3 nitrogen and oxygen atoms in total. The van der Waals surface area contributed by atoms with Crippen LogP contribution < -0.4 is 10.3 Å². The van der Waals surface area contributed by atoms with Crippen LogP contribution in [0.15, 0.2) is 35.1 Å². The molecule has 1 aromatic heterocycles. The van der Waals surface area contributed by atoms with E-state index in [0.717, 1.165) is 11.3 Å². The number of hydrogen-bond donors (Lipinski definition) is 0. The molecule has 2 rings (SSSR count). The van der Waals surface area contributed by atoms with E-state index < -0.39 is 0 Å². The Morgan fingerprint density at radius 1 is 1.33 bits per heavy atom. The molecule has 4 heteroatoms. The quantitative estimate of drug-likeness (QED) is 0.624. The van der Waals surface area contributed by atoms with Gasteiger partial charge < -0.3 is 9.30 Å². The van der Waals surface area contributed by atoms with Crippen molar-refractivity contribution in [3.8, 4) is 29.4 Å². The van der Waals surface area contributed by atoms with Crippen LogP contribution in [0.25, 0.3) is 11.3 Å². The fraction of sp³-hybridized carbons (Fsp3) is 0.235. The number of ether oxygens (including phenoxy) is 1. The molecule has 105 valence electrons. The van der Waals surface area contributed by atoms with Crippen LogP contribution in [-0.2, 0) is 39.3 Å². The summed E-state index contributed by atoms with van der Waals surface area (Å²) >= 11 is 0. The molecule has 0 bridgehead atoms. The van der Waals surface area contributed by atoms with E-state index in [0.29, 0.717) is 17.9 Å². The van der Waals surface area contributed by atoms with Crippen molar-refractivity contribution in [3.63, 3.8) is 0 Å². The summed E-state index contributed by atoms with van der Waals surface area (Å²) in [7, 11) is 0. The Balaban J connectivity index is 0.00000220. The SMILES string of the molecule is C#CCOc1ccc(-c2[c-]cc(C)c(=O)n2CC)cc1.[Y]. The molecule has 0 saturated heterocycles. The predicted octanol–water partition coefficient (Wildman–Crippen LogP) is 2.65. The molecule has 1 radical (unpaired) electrons. The zero-order valence-electron chi connectivity index (χ0n) is 12.2. The first kappa shape index (κ1) is 17.7. The minimum absolute atomic E-state index is 0. The van der Waals surface area contributed by atoms with Crippen molar-refractivity contribution in [1.29, 1.82) is 0 Å². The monoisotopic (exact) mass is 355 g/mol. The summed E-state index contributed by atoms with van der Waals surface area (Å²) in [4.78, 5) is 12.1. The Bertz CT molecular complexity index is 696. The third-order valence-corrected chi connectivity index (χ3v) is 3.04. The van der Waals surface area contributed by atoms with Crippen molar-refractivity contribution < 1.29 is 37.4 Å². The molecule has 0 aliphatic rings. The smallest absolute Gasteiger partial charge is 0.197 e. The van der Waals surface area contributed by atoms with E-state index in [-0.39, 0.29) is 44.9 Å². The molecular weight excluding hydrogens is 339 g/mol. The van der Waals surface area contributed by atoms with Gasteiger partial charge in [0.05, 0.1) is 0 Å². The summed E-state index contributed by atoms with van der Waals surface area (Å²) in [5.41, 5.74) is 2.43. The van der Waals surface area contributed by atoms with Crippen LogP contribution in [0.5, 0.6) is 5.75 Å². The minimum Gasteiger partial charge on any atom is -0.481 e. The van der Waals surface area contributed by atoms with Gasteiger partial charge in [-0.25, -0.2) is 0 Å². The first-order chi connectivity index (χ1) is 9.67. The standard InChI is InChI=1S/C17H16NO2.Y/c1-4-12-20-15-9-7-14(8-10-15)16-11-6-13(3)17(19)18(16)5-2;/h1,6-10H,5,12H2,2-3H3;/q-1;. The number of hydrogen-bond acceptors (Lipinski definition) is 2. The number of rotatable bonds is 4. The molecule has 0 fully saturated rings. The van der Waals surface area contributed by atoms with Crippen molar-refractivity contribution in [2.45, 2.75) is 20.4 Å². The first-order valence-electron chi connectivity index (χ1n) is 6.46. The van der Waals surface area contributed by atoms with Crippen LogP contribution >= 0.6 is 0 Å². The molecule has 2 aromatic rings. The molecule has 0 amide bonds. The van der Waals surface area contributed by atoms with Gasteiger partial charge >= 0.3 is 0 Å². The van der Waals surface area contributed by atoms with Crippen LogP contribution in [0.3, 0.4) is 0 Å². The van der Waals surface area contributed by atoms with Gasteiger partial charge in [0, 0.05) is 39.3 Å². The maximum absolute atomic E-state index is 12.1. The average molecular weight is 355 g/mol.